The Hall–Kier alpha value is -2.53. The van der Waals surface area contributed by atoms with Crippen LogP contribution in [0.2, 0.25) is 5.02 Å². The number of halogens is 1. The molecule has 1 aromatic heterocycles. The zero-order valence-electron chi connectivity index (χ0n) is 18.1. The van der Waals surface area contributed by atoms with Crippen molar-refractivity contribution in [3.8, 4) is 5.75 Å². The summed E-state index contributed by atoms with van der Waals surface area (Å²) in [6, 6.07) is 15.7. The fraction of sp³-hybridized carbons (Fsp3) is 0.440. The molecule has 0 aliphatic carbocycles. The van der Waals surface area contributed by atoms with Crippen molar-refractivity contribution in [3.63, 3.8) is 0 Å². The van der Waals surface area contributed by atoms with Crippen LogP contribution in [0.5, 0.6) is 5.75 Å². The van der Waals surface area contributed by atoms with E-state index in [1.807, 2.05) is 35.2 Å². The second-order valence-corrected chi connectivity index (χ2v) is 8.65. The molecule has 0 N–H and O–H groups in total. The Balaban J connectivity index is 1.41. The van der Waals surface area contributed by atoms with Crippen LogP contribution in [0, 0.1) is 0 Å². The van der Waals surface area contributed by atoms with Crippen molar-refractivity contribution in [1.82, 2.24) is 14.5 Å². The first kappa shape index (κ1) is 21.7. The second-order valence-electron chi connectivity index (χ2n) is 8.21. The van der Waals surface area contributed by atoms with Crippen molar-refractivity contribution in [1.29, 1.82) is 0 Å². The molecule has 2 aromatic carbocycles. The number of aryl methyl sites for hydroxylation is 1. The number of hydrogen-bond acceptors (Lipinski definition) is 3. The number of amides is 1. The van der Waals surface area contributed by atoms with E-state index in [0.717, 1.165) is 67.9 Å². The Morgan fingerprint density at radius 1 is 1.06 bits per heavy atom. The van der Waals surface area contributed by atoms with Gasteiger partial charge in [-0.3, -0.25) is 4.79 Å². The molecule has 0 spiro atoms. The van der Waals surface area contributed by atoms with Gasteiger partial charge in [0.1, 0.15) is 11.6 Å². The van der Waals surface area contributed by atoms with Crippen LogP contribution in [-0.2, 0) is 11.3 Å². The molecule has 1 aliphatic rings. The monoisotopic (exact) mass is 439 g/mol. The maximum Gasteiger partial charge on any atom is 0.223 e. The Bertz CT molecular complexity index is 1020. The van der Waals surface area contributed by atoms with E-state index in [1.54, 1.807) is 0 Å². The van der Waals surface area contributed by atoms with Crippen molar-refractivity contribution in [2.75, 3.05) is 19.7 Å². The first-order chi connectivity index (χ1) is 15.2. The van der Waals surface area contributed by atoms with Crippen LogP contribution in [-0.4, -0.2) is 40.1 Å². The van der Waals surface area contributed by atoms with Crippen molar-refractivity contribution in [2.45, 2.75) is 51.5 Å². The molecule has 5 nitrogen and oxygen atoms in total. The lowest BCUT2D eigenvalue weighted by molar-refractivity contribution is -0.127. The summed E-state index contributed by atoms with van der Waals surface area (Å²) in [5, 5.41) is 0.713. The summed E-state index contributed by atoms with van der Waals surface area (Å²) in [5.41, 5.74) is 2.16. The van der Waals surface area contributed by atoms with E-state index < -0.39 is 0 Å². The number of aromatic nitrogens is 2. The minimum atomic E-state index is 0.169. The average Bonchev–Trinajstić information content (AvgIpc) is 3.33. The van der Waals surface area contributed by atoms with E-state index >= 15 is 0 Å². The fourth-order valence-electron chi connectivity index (χ4n) is 4.24. The van der Waals surface area contributed by atoms with Crippen LogP contribution in [0.15, 0.2) is 48.5 Å². The molecule has 2 heterocycles. The molecule has 164 valence electrons. The molecular weight excluding hydrogens is 410 g/mol. The van der Waals surface area contributed by atoms with Crippen LogP contribution < -0.4 is 4.74 Å². The van der Waals surface area contributed by atoms with Gasteiger partial charge in [-0.2, -0.15) is 0 Å². The molecule has 1 fully saturated rings. The van der Waals surface area contributed by atoms with Gasteiger partial charge in [-0.1, -0.05) is 37.1 Å². The Morgan fingerprint density at radius 2 is 1.87 bits per heavy atom. The molecule has 6 heteroatoms. The summed E-state index contributed by atoms with van der Waals surface area (Å²) in [7, 11) is 0. The highest BCUT2D eigenvalue weighted by molar-refractivity contribution is 6.30. The standard InChI is InChI=1S/C25H30ClN3O2/c1-2-3-14-28-18-19(17-24(28)30)25-27-22-8-4-5-9-23(22)29(25)15-6-7-16-31-21-12-10-20(26)11-13-21/h4-5,8-13,19H,2-3,6-7,14-18H2,1H3/t19-/m1/s1. The smallest absolute Gasteiger partial charge is 0.223 e. The summed E-state index contributed by atoms with van der Waals surface area (Å²) in [6.07, 6.45) is 4.65. The minimum absolute atomic E-state index is 0.169. The first-order valence-electron chi connectivity index (χ1n) is 11.3. The molecule has 0 unspecified atom stereocenters. The quantitative estimate of drug-likeness (QED) is 0.382. The lowest BCUT2D eigenvalue weighted by atomic mass is 10.1. The summed E-state index contributed by atoms with van der Waals surface area (Å²) in [6.45, 7) is 5.33. The molecule has 3 aromatic rings. The number of ether oxygens (including phenoxy) is 1. The van der Waals surface area contributed by atoms with Gasteiger partial charge in [-0.25, -0.2) is 4.98 Å². The molecule has 1 saturated heterocycles. The van der Waals surface area contributed by atoms with Gasteiger partial charge in [0.25, 0.3) is 0 Å². The molecule has 1 amide bonds. The molecular formula is C25H30ClN3O2. The number of rotatable bonds is 10. The molecule has 31 heavy (non-hydrogen) atoms. The Kier molecular flexibility index (Phi) is 7.13. The van der Waals surface area contributed by atoms with E-state index in [1.165, 1.54) is 0 Å². The maximum absolute atomic E-state index is 12.5. The van der Waals surface area contributed by atoms with Crippen molar-refractivity contribution in [3.05, 3.63) is 59.4 Å². The third-order valence-corrected chi connectivity index (χ3v) is 6.16. The maximum atomic E-state index is 12.5. The number of unbranched alkanes of at least 4 members (excludes halogenated alkanes) is 2. The molecule has 0 saturated carbocycles. The summed E-state index contributed by atoms with van der Waals surface area (Å²) < 4.78 is 8.15. The number of imidazole rings is 1. The van der Waals surface area contributed by atoms with E-state index in [4.69, 9.17) is 21.3 Å². The average molecular weight is 440 g/mol. The summed E-state index contributed by atoms with van der Waals surface area (Å²) in [4.78, 5) is 19.5. The number of fused-ring (bicyclic) bond motifs is 1. The van der Waals surface area contributed by atoms with Gasteiger partial charge < -0.3 is 14.2 Å². The number of benzene rings is 2. The minimum Gasteiger partial charge on any atom is -0.494 e. The highest BCUT2D eigenvalue weighted by Gasteiger charge is 2.33. The van der Waals surface area contributed by atoms with Crippen LogP contribution in [0.1, 0.15) is 50.8 Å². The zero-order valence-corrected chi connectivity index (χ0v) is 18.9. The number of para-hydroxylation sites is 2. The van der Waals surface area contributed by atoms with Gasteiger partial charge in [0.05, 0.1) is 17.6 Å². The zero-order chi connectivity index (χ0) is 21.6. The molecule has 0 bridgehead atoms. The van der Waals surface area contributed by atoms with Crippen molar-refractivity contribution < 1.29 is 9.53 Å². The topological polar surface area (TPSA) is 47.4 Å². The lowest BCUT2D eigenvalue weighted by Crippen LogP contribution is -2.26. The number of hydrogen-bond donors (Lipinski definition) is 0. The molecule has 0 radical (unpaired) electrons. The van der Waals surface area contributed by atoms with E-state index in [0.29, 0.717) is 18.1 Å². The SMILES string of the molecule is CCCCN1C[C@H](c2nc3ccccc3n2CCCCOc2ccc(Cl)cc2)CC1=O. The number of nitrogens with zero attached hydrogens (tertiary/aromatic N) is 3. The van der Waals surface area contributed by atoms with Crippen LogP contribution >= 0.6 is 11.6 Å². The normalized spacial score (nSPS) is 16.4. The summed E-state index contributed by atoms with van der Waals surface area (Å²) >= 11 is 5.92. The summed E-state index contributed by atoms with van der Waals surface area (Å²) in [5.74, 6) is 2.32. The van der Waals surface area contributed by atoms with Gasteiger partial charge >= 0.3 is 0 Å². The molecule has 1 aliphatic heterocycles. The van der Waals surface area contributed by atoms with Gasteiger partial charge in [-0.15, -0.1) is 0 Å². The predicted molar refractivity (Wildman–Crippen MR) is 125 cm³/mol. The third kappa shape index (κ3) is 5.21. The molecule has 1 atom stereocenters. The Labute approximate surface area is 189 Å². The van der Waals surface area contributed by atoms with Gasteiger partial charge in [0.2, 0.25) is 5.91 Å². The van der Waals surface area contributed by atoms with Crippen molar-refractivity contribution >= 4 is 28.5 Å². The highest BCUT2D eigenvalue weighted by Crippen LogP contribution is 2.31. The van der Waals surface area contributed by atoms with Crippen LogP contribution in [0.25, 0.3) is 11.0 Å². The molecule has 4 rings (SSSR count). The Morgan fingerprint density at radius 3 is 2.68 bits per heavy atom. The van der Waals surface area contributed by atoms with E-state index in [2.05, 4.69) is 29.7 Å². The lowest BCUT2D eigenvalue weighted by Gasteiger charge is -2.17. The number of carbonyl (C=O) groups is 1. The van der Waals surface area contributed by atoms with Crippen LogP contribution in [0.3, 0.4) is 0 Å². The van der Waals surface area contributed by atoms with Gasteiger partial charge in [-0.05, 0) is 55.7 Å². The third-order valence-electron chi connectivity index (χ3n) is 5.90. The number of likely N-dealkylation sites (tertiary alicyclic amines) is 1. The van der Waals surface area contributed by atoms with E-state index in [9.17, 15) is 4.79 Å². The van der Waals surface area contributed by atoms with Gasteiger partial charge in [0.15, 0.2) is 0 Å². The fourth-order valence-corrected chi connectivity index (χ4v) is 4.37. The van der Waals surface area contributed by atoms with E-state index in [-0.39, 0.29) is 11.8 Å². The second kappa shape index (κ2) is 10.2. The first-order valence-corrected chi connectivity index (χ1v) is 11.6. The highest BCUT2D eigenvalue weighted by atomic mass is 35.5. The van der Waals surface area contributed by atoms with Crippen molar-refractivity contribution in [2.24, 2.45) is 0 Å². The van der Waals surface area contributed by atoms with Crippen LogP contribution in [0.4, 0.5) is 0 Å². The van der Waals surface area contributed by atoms with Gasteiger partial charge in [0, 0.05) is 37.0 Å². The predicted octanol–water partition coefficient (Wildman–Crippen LogP) is 5.66. The largest absolute Gasteiger partial charge is 0.494 e. The number of carbonyl (C=O) groups excluding carboxylic acids is 1.